The summed E-state index contributed by atoms with van der Waals surface area (Å²) in [6.07, 6.45) is 3.37. The summed E-state index contributed by atoms with van der Waals surface area (Å²) in [7, 11) is -0.613. The molecule has 2 aromatic carbocycles. The first kappa shape index (κ1) is 31.6. The minimum Gasteiger partial charge on any atom is -0.495 e. The molecule has 1 aliphatic rings. The molecule has 0 saturated heterocycles. The van der Waals surface area contributed by atoms with Crippen LogP contribution in [0, 0.1) is 6.92 Å². The minimum atomic E-state index is -4.65. The summed E-state index contributed by atoms with van der Waals surface area (Å²) in [6, 6.07) is 11.4. The molecule has 0 aliphatic heterocycles. The Kier molecular flexibility index (Phi) is 9.98. The largest absolute Gasteiger partial charge is 0.495 e. The van der Waals surface area contributed by atoms with Crippen LogP contribution in [-0.2, 0) is 35.6 Å². The Hall–Kier alpha value is -3.38. The van der Waals surface area contributed by atoms with Crippen LogP contribution in [0.2, 0.25) is 0 Å². The summed E-state index contributed by atoms with van der Waals surface area (Å²) in [6.45, 7) is 2.51. The van der Waals surface area contributed by atoms with Crippen LogP contribution in [0.15, 0.2) is 42.6 Å². The highest BCUT2D eigenvalue weighted by molar-refractivity contribution is 7.92. The molecule has 0 spiro atoms. The van der Waals surface area contributed by atoms with Crippen molar-refractivity contribution in [1.29, 1.82) is 0 Å². The number of nitrogens with zero attached hydrogens (tertiary/aromatic N) is 3. The molecule has 2 N–H and O–H groups in total. The number of alkyl halides is 3. The average molecular weight is 606 g/mol. The number of halogens is 3. The van der Waals surface area contributed by atoms with Crippen LogP contribution < -0.4 is 19.7 Å². The number of anilines is 3. The Balaban J connectivity index is 1.55. The summed E-state index contributed by atoms with van der Waals surface area (Å²) in [5.41, 5.74) is 2.27. The van der Waals surface area contributed by atoms with E-state index in [1.165, 1.54) is 46.3 Å². The third kappa shape index (κ3) is 8.13. The van der Waals surface area contributed by atoms with E-state index in [4.69, 9.17) is 4.74 Å². The lowest BCUT2D eigenvalue weighted by molar-refractivity contribution is -0.138. The van der Waals surface area contributed by atoms with Gasteiger partial charge in [-0.25, -0.2) is 18.4 Å². The van der Waals surface area contributed by atoms with Crippen molar-refractivity contribution < 1.29 is 26.3 Å². The van der Waals surface area contributed by atoms with E-state index >= 15 is 0 Å². The van der Waals surface area contributed by atoms with E-state index in [9.17, 15) is 21.6 Å². The van der Waals surface area contributed by atoms with E-state index in [0.717, 1.165) is 27.9 Å². The minimum absolute atomic E-state index is 0.00163. The fourth-order valence-corrected chi connectivity index (χ4v) is 5.68. The molecule has 0 radical (unpaired) electrons. The Morgan fingerprint density at radius 3 is 2.48 bits per heavy atom. The van der Waals surface area contributed by atoms with Gasteiger partial charge in [-0.1, -0.05) is 37.5 Å². The van der Waals surface area contributed by atoms with E-state index in [-0.39, 0.29) is 24.5 Å². The molecule has 0 amide bonds. The van der Waals surface area contributed by atoms with E-state index < -0.39 is 21.8 Å². The lowest BCUT2D eigenvalue weighted by atomic mass is 9.95. The number of nitrogens with one attached hydrogen (secondary N) is 2. The van der Waals surface area contributed by atoms with Crippen LogP contribution in [0.1, 0.15) is 60.1 Å². The standard InChI is InChI=1S/C30H38F3N5O3S/c1-20-10-12-22(27(16-20)38(2)42(4,39)40)13-15-25-24(30(31,32)33)19-35-29(36-25)37-26-14-11-21(17-28(26)41-3)18-34-23-8-6-5-7-9-23/h10-12,14,16-17,19,23,34H,5-9,13,15,18H2,1-4H3,(H,35,36,37). The van der Waals surface area contributed by atoms with Crippen LogP contribution in [0.3, 0.4) is 0 Å². The highest BCUT2D eigenvalue weighted by atomic mass is 32.2. The second-order valence-corrected chi connectivity index (χ2v) is 12.8. The SMILES string of the molecule is COc1cc(CNC2CCCCC2)ccc1Nc1ncc(C(F)(F)F)c(CCc2ccc(C)cc2N(C)S(C)(=O)=O)n1. The second-order valence-electron chi connectivity index (χ2n) is 10.8. The van der Waals surface area contributed by atoms with Gasteiger partial charge in [0.25, 0.3) is 0 Å². The maximum Gasteiger partial charge on any atom is 0.419 e. The van der Waals surface area contributed by atoms with Gasteiger partial charge in [0, 0.05) is 25.8 Å². The third-order valence-corrected chi connectivity index (χ3v) is 8.79. The van der Waals surface area contributed by atoms with Gasteiger partial charge in [0.15, 0.2) is 0 Å². The van der Waals surface area contributed by atoms with Crippen LogP contribution in [0.4, 0.5) is 30.5 Å². The Bertz CT molecular complexity index is 1490. The molecule has 8 nitrogen and oxygen atoms in total. The highest BCUT2D eigenvalue weighted by Gasteiger charge is 2.35. The lowest BCUT2D eigenvalue weighted by Gasteiger charge is -2.23. The number of sulfonamides is 1. The summed E-state index contributed by atoms with van der Waals surface area (Å²) in [5.74, 6) is 0.526. The number of aromatic nitrogens is 2. The quantitative estimate of drug-likeness (QED) is 0.270. The summed E-state index contributed by atoms with van der Waals surface area (Å²) in [4.78, 5) is 8.19. The van der Waals surface area contributed by atoms with Crippen LogP contribution >= 0.6 is 0 Å². The summed E-state index contributed by atoms with van der Waals surface area (Å²) < 4.78 is 72.8. The molecule has 1 saturated carbocycles. The first-order chi connectivity index (χ1) is 19.8. The smallest absolute Gasteiger partial charge is 0.419 e. The molecule has 1 aliphatic carbocycles. The number of aryl methyl sites for hydroxylation is 3. The van der Waals surface area contributed by atoms with E-state index in [2.05, 4.69) is 20.6 Å². The Morgan fingerprint density at radius 1 is 1.07 bits per heavy atom. The molecule has 1 fully saturated rings. The van der Waals surface area contributed by atoms with Gasteiger partial charge in [-0.15, -0.1) is 0 Å². The Morgan fingerprint density at radius 2 is 1.81 bits per heavy atom. The molecule has 1 aromatic heterocycles. The molecule has 3 aromatic rings. The Labute approximate surface area is 245 Å². The van der Waals surface area contributed by atoms with Gasteiger partial charge in [0.2, 0.25) is 16.0 Å². The number of rotatable bonds is 11. The van der Waals surface area contributed by atoms with Gasteiger partial charge in [-0.3, -0.25) is 4.31 Å². The van der Waals surface area contributed by atoms with Crippen molar-refractivity contribution in [2.45, 2.75) is 70.6 Å². The molecule has 1 heterocycles. The fraction of sp³-hybridized carbons (Fsp3) is 0.467. The maximum absolute atomic E-state index is 13.9. The van der Waals surface area contributed by atoms with Crippen LogP contribution in [-0.4, -0.2) is 44.8 Å². The van der Waals surface area contributed by atoms with Crippen molar-refractivity contribution in [1.82, 2.24) is 15.3 Å². The van der Waals surface area contributed by atoms with Gasteiger partial charge in [-0.2, -0.15) is 13.2 Å². The van der Waals surface area contributed by atoms with E-state index in [1.54, 1.807) is 24.3 Å². The number of ether oxygens (including phenoxy) is 1. The van der Waals surface area contributed by atoms with Gasteiger partial charge in [0.1, 0.15) is 5.75 Å². The molecule has 0 bridgehead atoms. The summed E-state index contributed by atoms with van der Waals surface area (Å²) >= 11 is 0. The van der Waals surface area contributed by atoms with Gasteiger partial charge >= 0.3 is 6.18 Å². The van der Waals surface area contributed by atoms with Crippen LogP contribution in [0.5, 0.6) is 5.75 Å². The monoisotopic (exact) mass is 605 g/mol. The van der Waals surface area contributed by atoms with Gasteiger partial charge in [-0.05, 0) is 67.5 Å². The lowest BCUT2D eigenvalue weighted by Crippen LogP contribution is -2.30. The van der Waals surface area contributed by atoms with E-state index in [1.807, 2.05) is 19.1 Å². The second kappa shape index (κ2) is 13.3. The topological polar surface area (TPSA) is 96.5 Å². The van der Waals surface area contributed by atoms with Crippen LogP contribution in [0.25, 0.3) is 0 Å². The number of benzene rings is 2. The van der Waals surface area contributed by atoms with Crippen molar-refractivity contribution in [3.05, 3.63) is 70.5 Å². The molecular weight excluding hydrogens is 567 g/mol. The normalized spacial score (nSPS) is 14.5. The number of hydrogen-bond donors (Lipinski definition) is 2. The number of hydrogen-bond acceptors (Lipinski definition) is 7. The average Bonchev–Trinajstić information content (AvgIpc) is 2.95. The number of methoxy groups -OCH3 is 1. The van der Waals surface area contributed by atoms with Crippen molar-refractivity contribution >= 4 is 27.3 Å². The zero-order valence-electron chi connectivity index (χ0n) is 24.4. The van der Waals surface area contributed by atoms with Crippen molar-refractivity contribution in [3.63, 3.8) is 0 Å². The van der Waals surface area contributed by atoms with Crippen molar-refractivity contribution in [2.24, 2.45) is 0 Å². The maximum atomic E-state index is 13.9. The predicted octanol–water partition coefficient (Wildman–Crippen LogP) is 6.16. The molecule has 0 atom stereocenters. The van der Waals surface area contributed by atoms with Crippen molar-refractivity contribution in [2.75, 3.05) is 30.0 Å². The molecule has 12 heteroatoms. The highest BCUT2D eigenvalue weighted by Crippen LogP contribution is 2.34. The molecule has 0 unspecified atom stereocenters. The zero-order chi connectivity index (χ0) is 30.5. The molecule has 42 heavy (non-hydrogen) atoms. The fourth-order valence-electron chi connectivity index (χ4n) is 5.15. The first-order valence-corrected chi connectivity index (χ1v) is 15.8. The molecule has 4 rings (SSSR count). The van der Waals surface area contributed by atoms with Gasteiger partial charge < -0.3 is 15.4 Å². The zero-order valence-corrected chi connectivity index (χ0v) is 25.2. The first-order valence-electron chi connectivity index (χ1n) is 14.0. The van der Waals surface area contributed by atoms with Gasteiger partial charge in [0.05, 0.1) is 36.0 Å². The summed E-state index contributed by atoms with van der Waals surface area (Å²) in [5, 5.41) is 6.60. The molecular formula is C30H38F3N5O3S. The third-order valence-electron chi connectivity index (χ3n) is 7.59. The molecule has 228 valence electrons. The van der Waals surface area contributed by atoms with Crippen molar-refractivity contribution in [3.8, 4) is 5.75 Å². The van der Waals surface area contributed by atoms with E-state index in [0.29, 0.717) is 35.3 Å². The predicted molar refractivity (Wildman–Crippen MR) is 159 cm³/mol.